The SMILES string of the molecule is CO[C@]1(C)C[C@H](O[C@H]2[C@H](C)[C@@H](O[C@@H]3O[C@H](C)C[C@H](N(C)C)[C@H]3O)[C@](C)(O)C[C@@H](C)CN(C)C(=O)CCOC(=O)[C@@H]2C)O[C@@H](C)[C@@H]1O. The van der Waals surface area contributed by atoms with Crippen molar-refractivity contribution in [1.82, 2.24) is 9.80 Å². The third-order valence-electron chi connectivity index (χ3n) is 10.1. The number of hydrogen-bond donors (Lipinski definition) is 3. The summed E-state index contributed by atoms with van der Waals surface area (Å²) in [6, 6.07) is -0.248. The number of aliphatic hydroxyl groups is 3. The minimum atomic E-state index is -1.52. The van der Waals surface area contributed by atoms with Gasteiger partial charge in [-0.1, -0.05) is 13.8 Å². The highest BCUT2D eigenvalue weighted by Crippen LogP contribution is 2.39. The standard InChI is InChI=1S/C33H60N2O11/c1-18-15-32(6,40)29(46-31-26(37)23(34(8)9)14-19(2)43-31)20(3)27(21(4)30(39)42-13-12-24(36)35(10)17-18)45-25-16-33(7,41-11)28(38)22(5)44-25/h18-23,25-29,31,37-38,40H,12-17H2,1-11H3/t18-,19-,20+,21-,22+,23+,25+,26-,27+,28+,29-,31+,32-,33-/m1/s1. The van der Waals surface area contributed by atoms with Gasteiger partial charge in [-0.15, -0.1) is 0 Å². The number of ether oxygens (including phenoxy) is 6. The van der Waals surface area contributed by atoms with Crippen molar-refractivity contribution in [2.45, 2.75) is 141 Å². The molecule has 0 radical (unpaired) electrons. The first-order chi connectivity index (χ1) is 21.3. The van der Waals surface area contributed by atoms with Gasteiger partial charge in [0.15, 0.2) is 12.6 Å². The number of aliphatic hydroxyl groups excluding tert-OH is 2. The van der Waals surface area contributed by atoms with E-state index in [0.717, 1.165) is 0 Å². The topological polar surface area (TPSA) is 157 Å². The molecule has 13 heteroatoms. The first-order valence-corrected chi connectivity index (χ1v) is 16.6. The molecule has 46 heavy (non-hydrogen) atoms. The maximum Gasteiger partial charge on any atom is 0.311 e. The number of esters is 1. The summed E-state index contributed by atoms with van der Waals surface area (Å²) >= 11 is 0. The highest BCUT2D eigenvalue weighted by Gasteiger charge is 2.51. The first-order valence-electron chi connectivity index (χ1n) is 16.6. The molecule has 14 atom stereocenters. The fraction of sp³-hybridized carbons (Fsp3) is 0.939. The molecule has 0 bridgehead atoms. The number of rotatable bonds is 6. The molecule has 0 spiro atoms. The van der Waals surface area contributed by atoms with Crippen molar-refractivity contribution in [3.05, 3.63) is 0 Å². The highest BCUT2D eigenvalue weighted by atomic mass is 16.7. The smallest absolute Gasteiger partial charge is 0.311 e. The summed E-state index contributed by atoms with van der Waals surface area (Å²) in [5.74, 6) is -2.44. The minimum absolute atomic E-state index is 0.0281. The number of cyclic esters (lactones) is 1. The van der Waals surface area contributed by atoms with Crippen LogP contribution in [0.25, 0.3) is 0 Å². The second-order valence-electron chi connectivity index (χ2n) is 14.7. The van der Waals surface area contributed by atoms with Crippen molar-refractivity contribution < 1.29 is 53.3 Å². The van der Waals surface area contributed by atoms with Gasteiger partial charge in [-0.2, -0.15) is 0 Å². The molecule has 3 rings (SSSR count). The van der Waals surface area contributed by atoms with Crippen LogP contribution < -0.4 is 0 Å². The number of hydrogen-bond acceptors (Lipinski definition) is 12. The third-order valence-corrected chi connectivity index (χ3v) is 10.1. The molecule has 0 aromatic carbocycles. The molecule has 0 aromatic rings. The van der Waals surface area contributed by atoms with Crippen LogP contribution in [0.2, 0.25) is 0 Å². The summed E-state index contributed by atoms with van der Waals surface area (Å²) in [6.07, 6.45) is -5.62. The van der Waals surface area contributed by atoms with E-state index in [9.17, 15) is 24.9 Å². The van der Waals surface area contributed by atoms with Crippen molar-refractivity contribution in [3.63, 3.8) is 0 Å². The Labute approximate surface area is 274 Å². The Hall–Kier alpha value is -1.42. The van der Waals surface area contributed by atoms with Crippen LogP contribution in [0.3, 0.4) is 0 Å². The van der Waals surface area contributed by atoms with Gasteiger partial charge in [-0.3, -0.25) is 9.59 Å². The Morgan fingerprint density at radius 3 is 2.26 bits per heavy atom. The van der Waals surface area contributed by atoms with Gasteiger partial charge in [0, 0.05) is 39.1 Å². The van der Waals surface area contributed by atoms with Crippen molar-refractivity contribution >= 4 is 11.9 Å². The molecule has 3 heterocycles. The van der Waals surface area contributed by atoms with Crippen LogP contribution in [-0.4, -0.2) is 145 Å². The Kier molecular flexibility index (Phi) is 13.5. The van der Waals surface area contributed by atoms with Gasteiger partial charge in [-0.25, -0.2) is 0 Å². The van der Waals surface area contributed by atoms with Gasteiger partial charge in [0.2, 0.25) is 5.91 Å². The molecular weight excluding hydrogens is 600 g/mol. The Balaban J connectivity index is 2.06. The summed E-state index contributed by atoms with van der Waals surface area (Å²) in [5.41, 5.74) is -2.50. The average Bonchev–Trinajstić information content (AvgIpc) is 2.96. The molecule has 1 amide bonds. The van der Waals surface area contributed by atoms with E-state index in [4.69, 9.17) is 28.4 Å². The zero-order valence-electron chi connectivity index (χ0n) is 29.7. The second-order valence-corrected chi connectivity index (χ2v) is 14.7. The van der Waals surface area contributed by atoms with Crippen molar-refractivity contribution in [2.24, 2.45) is 17.8 Å². The maximum absolute atomic E-state index is 13.5. The number of carbonyl (C=O) groups is 2. The van der Waals surface area contributed by atoms with Crippen LogP contribution in [0, 0.1) is 17.8 Å². The lowest BCUT2D eigenvalue weighted by Crippen LogP contribution is -2.60. The summed E-state index contributed by atoms with van der Waals surface area (Å²) in [7, 11) is 6.97. The Morgan fingerprint density at radius 1 is 1.00 bits per heavy atom. The van der Waals surface area contributed by atoms with E-state index in [2.05, 4.69) is 0 Å². The van der Waals surface area contributed by atoms with Crippen molar-refractivity contribution in [2.75, 3.05) is 41.4 Å². The Morgan fingerprint density at radius 2 is 1.65 bits per heavy atom. The fourth-order valence-electron chi connectivity index (χ4n) is 7.43. The summed E-state index contributed by atoms with van der Waals surface area (Å²) in [6.45, 7) is 12.8. The number of nitrogens with zero attached hydrogens (tertiary/aromatic N) is 2. The van der Waals surface area contributed by atoms with E-state index in [0.29, 0.717) is 13.0 Å². The van der Waals surface area contributed by atoms with Crippen LogP contribution in [-0.2, 0) is 38.0 Å². The molecule has 3 fully saturated rings. The van der Waals surface area contributed by atoms with Gasteiger partial charge in [0.25, 0.3) is 0 Å². The Bertz CT molecular complexity index is 1010. The summed E-state index contributed by atoms with van der Waals surface area (Å²) in [5, 5.41) is 34.4. The molecule has 0 saturated carbocycles. The van der Waals surface area contributed by atoms with E-state index < -0.39 is 72.1 Å². The zero-order chi connectivity index (χ0) is 34.7. The summed E-state index contributed by atoms with van der Waals surface area (Å²) < 4.78 is 36.7. The van der Waals surface area contributed by atoms with E-state index in [-0.39, 0.29) is 49.8 Å². The fourth-order valence-corrected chi connectivity index (χ4v) is 7.43. The van der Waals surface area contributed by atoms with E-state index in [1.807, 2.05) is 39.8 Å². The van der Waals surface area contributed by atoms with Crippen LogP contribution >= 0.6 is 0 Å². The number of carbonyl (C=O) groups excluding carboxylic acids is 2. The maximum atomic E-state index is 13.5. The minimum Gasteiger partial charge on any atom is -0.465 e. The quantitative estimate of drug-likeness (QED) is 0.354. The molecule has 268 valence electrons. The third kappa shape index (κ3) is 9.17. The van der Waals surface area contributed by atoms with Crippen LogP contribution in [0.1, 0.15) is 74.1 Å². The molecule has 13 nitrogen and oxygen atoms in total. The van der Waals surface area contributed by atoms with Crippen molar-refractivity contribution in [3.8, 4) is 0 Å². The van der Waals surface area contributed by atoms with Gasteiger partial charge < -0.3 is 53.5 Å². The van der Waals surface area contributed by atoms with Gasteiger partial charge in [0.1, 0.15) is 18.8 Å². The number of likely N-dealkylation sites (N-methyl/N-ethyl adjacent to an activating group) is 1. The lowest BCUT2D eigenvalue weighted by molar-refractivity contribution is -0.317. The highest BCUT2D eigenvalue weighted by molar-refractivity contribution is 5.77. The second kappa shape index (κ2) is 15.9. The van der Waals surface area contributed by atoms with Crippen LogP contribution in [0.15, 0.2) is 0 Å². The lowest BCUT2D eigenvalue weighted by Gasteiger charge is -2.48. The predicted molar refractivity (Wildman–Crippen MR) is 168 cm³/mol. The molecule has 3 saturated heterocycles. The van der Waals surface area contributed by atoms with Gasteiger partial charge >= 0.3 is 5.97 Å². The normalized spacial score (nSPS) is 45.8. The molecule has 3 aliphatic rings. The number of amides is 1. The van der Waals surface area contributed by atoms with E-state index in [1.165, 1.54) is 7.11 Å². The monoisotopic (exact) mass is 660 g/mol. The average molecular weight is 661 g/mol. The zero-order valence-corrected chi connectivity index (χ0v) is 29.7. The van der Waals surface area contributed by atoms with Gasteiger partial charge in [-0.05, 0) is 67.5 Å². The molecule has 3 N–H and O–H groups in total. The van der Waals surface area contributed by atoms with Gasteiger partial charge in [0.05, 0.1) is 48.0 Å². The molecule has 0 unspecified atom stereocenters. The van der Waals surface area contributed by atoms with Crippen LogP contribution in [0.4, 0.5) is 0 Å². The predicted octanol–water partition coefficient (Wildman–Crippen LogP) is 1.54. The summed E-state index contributed by atoms with van der Waals surface area (Å²) in [4.78, 5) is 29.8. The molecule has 0 aliphatic carbocycles. The largest absolute Gasteiger partial charge is 0.465 e. The lowest BCUT2D eigenvalue weighted by atomic mass is 9.77. The molecule has 0 aromatic heterocycles. The molecule has 3 aliphatic heterocycles. The van der Waals surface area contributed by atoms with E-state index in [1.54, 1.807) is 39.6 Å². The number of methoxy groups -OCH3 is 1. The van der Waals surface area contributed by atoms with Crippen molar-refractivity contribution in [1.29, 1.82) is 0 Å². The first kappa shape index (κ1) is 39.0. The van der Waals surface area contributed by atoms with Crippen LogP contribution in [0.5, 0.6) is 0 Å². The van der Waals surface area contributed by atoms with E-state index >= 15 is 0 Å². The molecular formula is C33H60N2O11.